The second kappa shape index (κ2) is 6.95. The van der Waals surface area contributed by atoms with Crippen molar-refractivity contribution in [2.24, 2.45) is 0 Å². The van der Waals surface area contributed by atoms with Crippen LogP contribution in [0.15, 0.2) is 39.9 Å². The van der Waals surface area contributed by atoms with Gasteiger partial charge >= 0.3 is 5.69 Å². The van der Waals surface area contributed by atoms with Crippen LogP contribution in [0.2, 0.25) is 0 Å². The van der Waals surface area contributed by atoms with E-state index in [9.17, 15) is 14.4 Å². The SMILES string of the molecule is CCn1c(=O)[nH]c(=O)c2c(C(=O)Nc3ccc(OC)cc3)cc(C3CC3)nc21. The van der Waals surface area contributed by atoms with E-state index in [1.807, 2.05) is 0 Å². The Morgan fingerprint density at radius 3 is 2.61 bits per heavy atom. The minimum absolute atomic E-state index is 0.122. The zero-order valence-corrected chi connectivity index (χ0v) is 15.6. The highest BCUT2D eigenvalue weighted by Gasteiger charge is 2.28. The summed E-state index contributed by atoms with van der Waals surface area (Å²) in [5.41, 5.74) is 0.636. The van der Waals surface area contributed by atoms with Gasteiger partial charge in [0.15, 0.2) is 5.65 Å². The van der Waals surface area contributed by atoms with Crippen molar-refractivity contribution in [3.05, 3.63) is 62.4 Å². The molecule has 2 N–H and O–H groups in total. The van der Waals surface area contributed by atoms with Gasteiger partial charge in [0.1, 0.15) is 5.75 Å². The van der Waals surface area contributed by atoms with Crippen molar-refractivity contribution < 1.29 is 9.53 Å². The maximum absolute atomic E-state index is 13.0. The van der Waals surface area contributed by atoms with Gasteiger partial charge in [-0.25, -0.2) is 9.78 Å². The Balaban J connectivity index is 1.85. The Morgan fingerprint density at radius 2 is 2.00 bits per heavy atom. The maximum atomic E-state index is 13.0. The number of aromatic nitrogens is 3. The average Bonchev–Trinajstić information content (AvgIpc) is 3.53. The average molecular weight is 380 g/mol. The normalized spacial score (nSPS) is 13.5. The van der Waals surface area contributed by atoms with Gasteiger partial charge in [0.2, 0.25) is 0 Å². The summed E-state index contributed by atoms with van der Waals surface area (Å²) in [7, 11) is 1.57. The van der Waals surface area contributed by atoms with Crippen molar-refractivity contribution >= 4 is 22.6 Å². The molecular weight excluding hydrogens is 360 g/mol. The third-order valence-electron chi connectivity index (χ3n) is 4.87. The number of ether oxygens (including phenoxy) is 1. The molecule has 28 heavy (non-hydrogen) atoms. The zero-order chi connectivity index (χ0) is 19.8. The molecule has 3 aromatic rings. The number of carbonyl (C=O) groups excluding carboxylic acids is 1. The van der Waals surface area contributed by atoms with Crippen molar-refractivity contribution in [3.8, 4) is 5.75 Å². The highest BCUT2D eigenvalue weighted by Crippen LogP contribution is 2.40. The first kappa shape index (κ1) is 18.0. The first-order valence-corrected chi connectivity index (χ1v) is 9.15. The van der Waals surface area contributed by atoms with Crippen LogP contribution in [0, 0.1) is 0 Å². The van der Waals surface area contributed by atoms with E-state index < -0.39 is 17.2 Å². The number of aromatic amines is 1. The molecule has 144 valence electrons. The summed E-state index contributed by atoms with van der Waals surface area (Å²) in [6, 6.07) is 8.57. The smallest absolute Gasteiger partial charge is 0.329 e. The third kappa shape index (κ3) is 3.17. The van der Waals surface area contributed by atoms with Crippen molar-refractivity contribution in [1.82, 2.24) is 14.5 Å². The van der Waals surface area contributed by atoms with E-state index in [1.54, 1.807) is 44.4 Å². The molecule has 1 amide bonds. The molecular formula is C20H20N4O4. The van der Waals surface area contributed by atoms with Crippen LogP contribution in [0.5, 0.6) is 5.75 Å². The van der Waals surface area contributed by atoms with Gasteiger partial charge in [0.05, 0.1) is 18.1 Å². The number of fused-ring (bicyclic) bond motifs is 1. The molecule has 0 saturated heterocycles. The summed E-state index contributed by atoms with van der Waals surface area (Å²) in [6.07, 6.45) is 1.97. The second-order valence-electron chi connectivity index (χ2n) is 6.75. The van der Waals surface area contributed by atoms with Crippen molar-refractivity contribution in [1.29, 1.82) is 0 Å². The van der Waals surface area contributed by atoms with Gasteiger partial charge in [0.25, 0.3) is 11.5 Å². The molecule has 1 saturated carbocycles. The molecule has 0 atom stereocenters. The molecule has 1 aliphatic carbocycles. The number of carbonyl (C=O) groups is 1. The van der Waals surface area contributed by atoms with Crippen LogP contribution in [0.4, 0.5) is 5.69 Å². The lowest BCUT2D eigenvalue weighted by molar-refractivity contribution is 0.102. The molecule has 0 unspecified atom stereocenters. The van der Waals surface area contributed by atoms with Gasteiger partial charge in [0, 0.05) is 23.8 Å². The number of nitrogens with one attached hydrogen (secondary N) is 2. The van der Waals surface area contributed by atoms with E-state index in [0.29, 0.717) is 18.0 Å². The van der Waals surface area contributed by atoms with Crippen LogP contribution in [0.3, 0.4) is 0 Å². The van der Waals surface area contributed by atoms with Crippen molar-refractivity contribution in [2.75, 3.05) is 12.4 Å². The van der Waals surface area contributed by atoms with Gasteiger partial charge in [-0.2, -0.15) is 0 Å². The number of nitrogens with zero attached hydrogens (tertiary/aromatic N) is 2. The predicted octanol–water partition coefficient (Wildman–Crippen LogP) is 2.24. The molecule has 8 nitrogen and oxygen atoms in total. The zero-order valence-electron chi connectivity index (χ0n) is 15.6. The van der Waals surface area contributed by atoms with Crippen LogP contribution < -0.4 is 21.3 Å². The number of amides is 1. The molecule has 1 aliphatic rings. The standard InChI is InChI=1S/C20H20N4O4/c1-3-24-17-16(19(26)23-20(24)27)14(10-15(22-17)11-4-5-11)18(25)21-12-6-8-13(28-2)9-7-12/h6-11H,3-5H2,1-2H3,(H,21,25)(H,23,26,27). The van der Waals surface area contributed by atoms with E-state index in [2.05, 4.69) is 15.3 Å². The Labute approximate surface area is 160 Å². The van der Waals surface area contributed by atoms with Crippen LogP contribution in [0.25, 0.3) is 11.0 Å². The molecule has 2 heterocycles. The highest BCUT2D eigenvalue weighted by molar-refractivity contribution is 6.11. The lowest BCUT2D eigenvalue weighted by Gasteiger charge is -2.12. The van der Waals surface area contributed by atoms with Gasteiger partial charge in [-0.15, -0.1) is 0 Å². The fourth-order valence-electron chi connectivity index (χ4n) is 3.23. The lowest BCUT2D eigenvalue weighted by Crippen LogP contribution is -2.32. The molecule has 1 aromatic carbocycles. The summed E-state index contributed by atoms with van der Waals surface area (Å²) in [6.45, 7) is 2.13. The predicted molar refractivity (Wildman–Crippen MR) is 105 cm³/mol. The fraction of sp³-hybridized carbons (Fsp3) is 0.300. The van der Waals surface area contributed by atoms with Gasteiger partial charge in [-0.05, 0) is 50.1 Å². The topological polar surface area (TPSA) is 106 Å². The number of hydrogen-bond acceptors (Lipinski definition) is 5. The number of anilines is 1. The number of aryl methyl sites for hydroxylation is 1. The summed E-state index contributed by atoms with van der Waals surface area (Å²) in [5.74, 6) is 0.509. The molecule has 0 bridgehead atoms. The number of benzene rings is 1. The Hall–Kier alpha value is -3.42. The van der Waals surface area contributed by atoms with Crippen LogP contribution in [-0.4, -0.2) is 27.6 Å². The number of rotatable bonds is 5. The molecule has 0 spiro atoms. The van der Waals surface area contributed by atoms with E-state index in [4.69, 9.17) is 4.74 Å². The Kier molecular flexibility index (Phi) is 4.46. The molecule has 2 aromatic heterocycles. The number of pyridine rings is 1. The summed E-state index contributed by atoms with van der Waals surface area (Å²) >= 11 is 0. The minimum atomic E-state index is -0.612. The third-order valence-corrected chi connectivity index (χ3v) is 4.87. The monoisotopic (exact) mass is 380 g/mol. The van der Waals surface area contributed by atoms with Crippen molar-refractivity contribution in [2.45, 2.75) is 32.2 Å². The summed E-state index contributed by atoms with van der Waals surface area (Å²) in [5, 5.41) is 2.93. The first-order chi connectivity index (χ1) is 13.5. The molecule has 4 rings (SSSR count). The number of H-pyrrole nitrogens is 1. The summed E-state index contributed by atoms with van der Waals surface area (Å²) < 4.78 is 6.50. The molecule has 1 fully saturated rings. The Morgan fingerprint density at radius 1 is 1.29 bits per heavy atom. The highest BCUT2D eigenvalue weighted by atomic mass is 16.5. The van der Waals surface area contributed by atoms with E-state index in [1.165, 1.54) is 4.57 Å². The first-order valence-electron chi connectivity index (χ1n) is 9.15. The minimum Gasteiger partial charge on any atom is -0.497 e. The van der Waals surface area contributed by atoms with E-state index in [0.717, 1.165) is 18.5 Å². The van der Waals surface area contributed by atoms with E-state index >= 15 is 0 Å². The maximum Gasteiger partial charge on any atom is 0.329 e. The molecule has 8 heteroatoms. The summed E-state index contributed by atoms with van der Waals surface area (Å²) in [4.78, 5) is 44.5. The second-order valence-corrected chi connectivity index (χ2v) is 6.75. The lowest BCUT2D eigenvalue weighted by atomic mass is 10.1. The van der Waals surface area contributed by atoms with Crippen LogP contribution in [0.1, 0.15) is 41.7 Å². The van der Waals surface area contributed by atoms with Crippen LogP contribution in [-0.2, 0) is 6.54 Å². The molecule has 0 aliphatic heterocycles. The quantitative estimate of drug-likeness (QED) is 0.706. The van der Waals surface area contributed by atoms with Crippen LogP contribution >= 0.6 is 0 Å². The molecule has 0 radical (unpaired) electrons. The van der Waals surface area contributed by atoms with Gasteiger partial charge in [-0.1, -0.05) is 0 Å². The van der Waals surface area contributed by atoms with E-state index in [-0.39, 0.29) is 22.5 Å². The van der Waals surface area contributed by atoms with Gasteiger partial charge < -0.3 is 10.1 Å². The number of hydrogen-bond donors (Lipinski definition) is 2. The largest absolute Gasteiger partial charge is 0.497 e. The number of methoxy groups -OCH3 is 1. The van der Waals surface area contributed by atoms with Crippen molar-refractivity contribution in [3.63, 3.8) is 0 Å². The Bertz CT molecular complexity index is 1170. The fourth-order valence-corrected chi connectivity index (χ4v) is 3.23. The van der Waals surface area contributed by atoms with Gasteiger partial charge in [-0.3, -0.25) is 19.1 Å².